The van der Waals surface area contributed by atoms with E-state index in [1.54, 1.807) is 45.3 Å². The quantitative estimate of drug-likeness (QED) is 0.193. The maximum absolute atomic E-state index is 5.86. The van der Waals surface area contributed by atoms with Gasteiger partial charge in [-0.15, -0.1) is 45.3 Å². The van der Waals surface area contributed by atoms with Crippen molar-refractivity contribution in [1.82, 2.24) is 0 Å². The number of thiophene rings is 4. The third-order valence-electron chi connectivity index (χ3n) is 5.88. The van der Waals surface area contributed by atoms with Crippen LogP contribution in [-0.4, -0.2) is 34.1 Å². The van der Waals surface area contributed by atoms with Crippen molar-refractivity contribution in [2.45, 2.75) is 19.0 Å². The summed E-state index contributed by atoms with van der Waals surface area (Å²) in [5, 5.41) is 8.44. The van der Waals surface area contributed by atoms with Crippen molar-refractivity contribution in [3.05, 3.63) is 68.0 Å². The van der Waals surface area contributed by atoms with Crippen molar-refractivity contribution in [3.8, 4) is 19.5 Å². The summed E-state index contributed by atoms with van der Waals surface area (Å²) >= 11 is 10.3. The van der Waals surface area contributed by atoms with E-state index in [0.29, 0.717) is 26.4 Å². The van der Waals surface area contributed by atoms with Crippen molar-refractivity contribution in [2.24, 2.45) is 4.30 Å². The molecule has 1 radical (unpaired) electrons. The van der Waals surface area contributed by atoms with Crippen LogP contribution < -0.4 is 0 Å². The van der Waals surface area contributed by atoms with Crippen LogP contribution >= 0.6 is 58.2 Å². The van der Waals surface area contributed by atoms with Crippen molar-refractivity contribution in [3.63, 3.8) is 0 Å². The molecule has 2 saturated heterocycles. The topological polar surface area (TPSA) is 49.3 Å². The minimum Gasteiger partial charge on any atom is -0.340 e. The van der Waals surface area contributed by atoms with Gasteiger partial charge in [0.05, 0.1) is 45.9 Å². The smallest absolute Gasteiger partial charge is 0.225 e. The summed E-state index contributed by atoms with van der Waals surface area (Å²) in [6.07, 6.45) is 0. The van der Waals surface area contributed by atoms with Crippen molar-refractivity contribution in [1.29, 1.82) is 0 Å². The second-order valence-corrected chi connectivity index (χ2v) is 11.3. The van der Waals surface area contributed by atoms with Gasteiger partial charge in [-0.2, -0.15) is 0 Å². The van der Waals surface area contributed by atoms with Crippen LogP contribution in [-0.2, 0) is 30.5 Å². The molecule has 0 amide bonds. The van der Waals surface area contributed by atoms with E-state index in [2.05, 4.69) is 70.5 Å². The molecule has 0 saturated carbocycles. The molecule has 0 aromatic carbocycles. The van der Waals surface area contributed by atoms with Crippen LogP contribution in [0.2, 0.25) is 0 Å². The molecule has 11 heteroatoms. The predicted octanol–water partition coefficient (Wildman–Crippen LogP) is 6.90. The SMILES string of the molecule is C.[B]=NS.c1cc2c(s1)-c1sccc1C21OCCO1.c1cc2c(s1)-c1sccc1C21OCCO1. The Kier molecular flexibility index (Phi) is 7.02. The zero-order valence-electron chi connectivity index (χ0n) is 17.2. The van der Waals surface area contributed by atoms with E-state index in [1.165, 1.54) is 41.8 Å². The zero-order chi connectivity index (χ0) is 22.5. The zero-order valence-corrected chi connectivity index (χ0v) is 21.3. The monoisotopic (exact) mass is 546 g/mol. The van der Waals surface area contributed by atoms with Gasteiger partial charge in [-0.05, 0) is 45.8 Å². The second kappa shape index (κ2) is 9.72. The maximum Gasteiger partial charge on any atom is 0.225 e. The number of nitrogens with zero attached hydrogens (tertiary/aromatic N) is 1. The molecule has 2 fully saturated rings. The molecule has 0 atom stereocenters. The number of thiol groups is 1. The molecule has 34 heavy (non-hydrogen) atoms. The molecule has 175 valence electrons. The molecule has 0 bridgehead atoms. The molecular weight excluding hydrogens is 525 g/mol. The Morgan fingerprint density at radius 1 is 0.618 bits per heavy atom. The van der Waals surface area contributed by atoms with Gasteiger partial charge in [-0.3, -0.25) is 0 Å². The fraction of sp³-hybridized carbons (Fsp3) is 0.304. The van der Waals surface area contributed by atoms with Crippen molar-refractivity contribution >= 4 is 65.8 Å². The number of ether oxygens (including phenoxy) is 4. The summed E-state index contributed by atoms with van der Waals surface area (Å²) in [6, 6.07) is 8.49. The van der Waals surface area contributed by atoms with E-state index in [-0.39, 0.29) is 7.43 Å². The average Bonchev–Trinajstić information content (AvgIpc) is 3.68. The van der Waals surface area contributed by atoms with Crippen LogP contribution in [0, 0.1) is 0 Å². The molecule has 2 aliphatic carbocycles. The number of hydrogen-bond donors (Lipinski definition) is 1. The first-order chi connectivity index (χ1) is 16.2. The predicted molar refractivity (Wildman–Crippen MR) is 145 cm³/mol. The Balaban J connectivity index is 0.000000124. The first kappa shape index (κ1) is 24.5. The standard InChI is InChI=1S/2C11H8O2S2.CH4.BHNS/c2*1-5-14-9-7(1)11(12-3-4-13-11)8-2-6-15-10(8)9;;1-2-3/h2*1-2,5-6H,3-4H2;1H4;3H. The van der Waals surface area contributed by atoms with Gasteiger partial charge in [0.1, 0.15) is 0 Å². The molecule has 0 unspecified atom stereocenters. The van der Waals surface area contributed by atoms with Crippen LogP contribution in [0.1, 0.15) is 29.7 Å². The average molecular weight is 547 g/mol. The molecule has 6 heterocycles. The molecular formula is C23H21BNO4S5. The Morgan fingerprint density at radius 3 is 1.09 bits per heavy atom. The van der Waals surface area contributed by atoms with Gasteiger partial charge in [-0.1, -0.05) is 7.43 Å². The molecule has 4 aromatic heterocycles. The minimum absolute atomic E-state index is 0. The van der Waals surface area contributed by atoms with Crippen LogP contribution in [0.5, 0.6) is 0 Å². The van der Waals surface area contributed by atoms with E-state index in [4.69, 9.17) is 18.9 Å². The molecule has 2 spiro atoms. The first-order valence-electron chi connectivity index (χ1n) is 10.2. The Labute approximate surface area is 221 Å². The van der Waals surface area contributed by atoms with Gasteiger partial charge >= 0.3 is 24.8 Å². The van der Waals surface area contributed by atoms with Gasteiger partial charge in [-0.25, -0.2) is 0 Å². The van der Waals surface area contributed by atoms with Gasteiger partial charge in [0.25, 0.3) is 0 Å². The summed E-state index contributed by atoms with van der Waals surface area (Å²) in [5.74, 6) is -1.13. The van der Waals surface area contributed by atoms with Crippen LogP contribution in [0.15, 0.2) is 50.1 Å². The molecule has 4 aliphatic rings. The number of fused-ring (bicyclic) bond motifs is 10. The third-order valence-corrected chi connectivity index (χ3v) is 9.87. The van der Waals surface area contributed by atoms with Gasteiger partial charge in [0.15, 0.2) is 0 Å². The second-order valence-electron chi connectivity index (χ2n) is 7.40. The third kappa shape index (κ3) is 3.48. The normalized spacial score (nSPS) is 18.7. The van der Waals surface area contributed by atoms with E-state index in [1.807, 2.05) is 0 Å². The van der Waals surface area contributed by atoms with E-state index < -0.39 is 11.6 Å². The van der Waals surface area contributed by atoms with Crippen LogP contribution in [0.25, 0.3) is 19.5 Å². The summed E-state index contributed by atoms with van der Waals surface area (Å²) < 4.78 is 26.1. The number of hydrogen-bond acceptors (Lipinski definition) is 10. The summed E-state index contributed by atoms with van der Waals surface area (Å²) in [7, 11) is 4.34. The summed E-state index contributed by atoms with van der Waals surface area (Å²) in [4.78, 5) is 5.28. The van der Waals surface area contributed by atoms with Crippen LogP contribution in [0.4, 0.5) is 0 Å². The van der Waals surface area contributed by atoms with Gasteiger partial charge < -0.3 is 18.9 Å². The minimum atomic E-state index is -0.565. The van der Waals surface area contributed by atoms with E-state index in [9.17, 15) is 0 Å². The number of rotatable bonds is 0. The van der Waals surface area contributed by atoms with E-state index in [0.717, 1.165) is 0 Å². The molecule has 2 aliphatic heterocycles. The molecule has 4 aromatic rings. The largest absolute Gasteiger partial charge is 0.340 e. The fourth-order valence-corrected chi connectivity index (χ4v) is 8.84. The Hall–Kier alpha value is -1.15. The maximum atomic E-state index is 5.86. The van der Waals surface area contributed by atoms with E-state index >= 15 is 0 Å². The molecule has 8 rings (SSSR count). The fourth-order valence-electron chi connectivity index (χ4n) is 4.71. The Bertz CT molecular complexity index is 1110. The van der Waals surface area contributed by atoms with Crippen molar-refractivity contribution in [2.75, 3.05) is 26.4 Å². The molecule has 5 nitrogen and oxygen atoms in total. The van der Waals surface area contributed by atoms with Gasteiger partial charge in [0.2, 0.25) is 11.6 Å². The van der Waals surface area contributed by atoms with Crippen LogP contribution in [0.3, 0.4) is 0 Å². The Morgan fingerprint density at radius 2 is 0.853 bits per heavy atom. The molecule has 0 N–H and O–H groups in total. The summed E-state index contributed by atoms with van der Waals surface area (Å²) in [5.41, 5.74) is 4.80. The van der Waals surface area contributed by atoms with Crippen molar-refractivity contribution < 1.29 is 18.9 Å². The first-order valence-corrected chi connectivity index (χ1v) is 14.1. The summed E-state index contributed by atoms with van der Waals surface area (Å²) in [6.45, 7) is 2.74. The van der Waals surface area contributed by atoms with Gasteiger partial charge in [0, 0.05) is 22.3 Å².